The van der Waals surface area contributed by atoms with Crippen LogP contribution in [0.25, 0.3) is 0 Å². The highest BCUT2D eigenvalue weighted by Gasteiger charge is 2.17. The van der Waals surface area contributed by atoms with E-state index in [1.807, 2.05) is 19.1 Å². The Morgan fingerprint density at radius 2 is 2.07 bits per heavy atom. The van der Waals surface area contributed by atoms with Crippen LogP contribution in [-0.2, 0) is 6.42 Å². The summed E-state index contributed by atoms with van der Waals surface area (Å²) in [6.45, 7) is 2.33. The highest BCUT2D eigenvalue weighted by molar-refractivity contribution is 7.98. The van der Waals surface area contributed by atoms with Gasteiger partial charge in [0.15, 0.2) is 11.5 Å². The number of hydrogen-bond acceptors (Lipinski definition) is 4. The van der Waals surface area contributed by atoms with Crippen LogP contribution in [0.15, 0.2) is 17.0 Å². The Bertz CT molecular complexity index is 366. The zero-order valence-corrected chi connectivity index (χ0v) is 9.76. The fraction of sp³-hybridized carbons (Fsp3) is 0.455. The largest absolute Gasteiger partial charge is 0.454 e. The molecule has 1 aromatic carbocycles. The molecule has 1 aliphatic rings. The molecule has 1 heterocycles. The maximum atomic E-state index is 5.81. The summed E-state index contributed by atoms with van der Waals surface area (Å²) in [7, 11) is 0. The monoisotopic (exact) mass is 225 g/mol. The van der Waals surface area contributed by atoms with Gasteiger partial charge in [-0.25, -0.2) is 0 Å². The Morgan fingerprint density at radius 1 is 1.40 bits per heavy atom. The van der Waals surface area contributed by atoms with Crippen molar-refractivity contribution >= 4 is 11.8 Å². The summed E-state index contributed by atoms with van der Waals surface area (Å²) in [6, 6.07) is 4.23. The first-order valence-electron chi connectivity index (χ1n) is 4.93. The van der Waals surface area contributed by atoms with E-state index in [0.29, 0.717) is 6.79 Å². The maximum Gasteiger partial charge on any atom is 0.231 e. The molecule has 1 aliphatic heterocycles. The summed E-state index contributed by atoms with van der Waals surface area (Å²) in [5, 5.41) is 0. The van der Waals surface area contributed by atoms with E-state index < -0.39 is 0 Å². The quantitative estimate of drug-likeness (QED) is 0.799. The summed E-state index contributed by atoms with van der Waals surface area (Å²) in [6.07, 6.45) is 2.93. The second kappa shape index (κ2) is 4.33. The van der Waals surface area contributed by atoms with E-state index in [2.05, 4.69) is 6.26 Å². The van der Waals surface area contributed by atoms with Crippen LogP contribution in [0.5, 0.6) is 11.5 Å². The van der Waals surface area contributed by atoms with Crippen molar-refractivity contribution in [1.29, 1.82) is 0 Å². The molecular formula is C11H15NO2S. The minimum absolute atomic E-state index is 0.163. The van der Waals surface area contributed by atoms with E-state index >= 15 is 0 Å². The molecule has 82 valence electrons. The molecule has 0 saturated heterocycles. The van der Waals surface area contributed by atoms with Gasteiger partial charge in [0.1, 0.15) is 0 Å². The fourth-order valence-electron chi connectivity index (χ4n) is 1.66. The molecule has 2 N–H and O–H groups in total. The molecule has 15 heavy (non-hydrogen) atoms. The van der Waals surface area contributed by atoms with E-state index in [-0.39, 0.29) is 6.04 Å². The highest BCUT2D eigenvalue weighted by atomic mass is 32.2. The van der Waals surface area contributed by atoms with E-state index in [1.54, 1.807) is 11.8 Å². The Hall–Kier alpha value is -0.870. The van der Waals surface area contributed by atoms with Crippen molar-refractivity contribution in [3.8, 4) is 11.5 Å². The first-order chi connectivity index (χ1) is 7.20. The second-order valence-corrected chi connectivity index (χ2v) is 4.55. The average Bonchev–Trinajstić information content (AvgIpc) is 2.62. The van der Waals surface area contributed by atoms with Gasteiger partial charge >= 0.3 is 0 Å². The predicted molar refractivity (Wildman–Crippen MR) is 61.7 cm³/mol. The third-order valence-electron chi connectivity index (χ3n) is 2.32. The van der Waals surface area contributed by atoms with Crippen LogP contribution in [-0.4, -0.2) is 19.1 Å². The SMILES string of the molecule is CSc1cc2c(cc1CC(C)N)OCO2. The summed E-state index contributed by atoms with van der Waals surface area (Å²) in [4.78, 5) is 1.22. The first kappa shape index (κ1) is 10.6. The van der Waals surface area contributed by atoms with Gasteiger partial charge in [0, 0.05) is 10.9 Å². The lowest BCUT2D eigenvalue weighted by molar-refractivity contribution is 0.174. The third kappa shape index (κ3) is 2.21. The zero-order chi connectivity index (χ0) is 10.8. The van der Waals surface area contributed by atoms with Gasteiger partial charge in [0.25, 0.3) is 0 Å². The lowest BCUT2D eigenvalue weighted by Gasteiger charge is -2.10. The van der Waals surface area contributed by atoms with Gasteiger partial charge in [0.2, 0.25) is 6.79 Å². The number of benzene rings is 1. The van der Waals surface area contributed by atoms with Gasteiger partial charge in [0.05, 0.1) is 0 Å². The number of hydrogen-bond donors (Lipinski definition) is 1. The van der Waals surface area contributed by atoms with Crippen molar-refractivity contribution in [1.82, 2.24) is 0 Å². The Morgan fingerprint density at radius 3 is 2.67 bits per heavy atom. The van der Waals surface area contributed by atoms with Crippen LogP contribution < -0.4 is 15.2 Å². The molecule has 4 heteroatoms. The van der Waals surface area contributed by atoms with Gasteiger partial charge in [-0.05, 0) is 37.3 Å². The van der Waals surface area contributed by atoms with Crippen molar-refractivity contribution in [2.24, 2.45) is 5.73 Å². The Labute approximate surface area is 93.9 Å². The Balaban J connectivity index is 2.35. The summed E-state index contributed by atoms with van der Waals surface area (Å²) in [5.74, 6) is 1.68. The standard InChI is InChI=1S/C11H15NO2S/c1-7(12)3-8-4-9-10(14-6-13-9)5-11(8)15-2/h4-5,7H,3,6,12H2,1-2H3. The van der Waals surface area contributed by atoms with Crippen LogP contribution >= 0.6 is 11.8 Å². The topological polar surface area (TPSA) is 44.5 Å². The minimum atomic E-state index is 0.163. The lowest BCUT2D eigenvalue weighted by atomic mass is 10.1. The van der Waals surface area contributed by atoms with Crippen LogP contribution in [0.3, 0.4) is 0 Å². The van der Waals surface area contributed by atoms with Crippen molar-refractivity contribution in [3.63, 3.8) is 0 Å². The average molecular weight is 225 g/mol. The molecule has 0 amide bonds. The van der Waals surface area contributed by atoms with E-state index in [1.165, 1.54) is 10.5 Å². The fourth-order valence-corrected chi connectivity index (χ4v) is 2.29. The molecule has 1 aromatic rings. The van der Waals surface area contributed by atoms with E-state index in [4.69, 9.17) is 15.2 Å². The Kier molecular flexibility index (Phi) is 3.07. The summed E-state index contributed by atoms with van der Waals surface area (Å²) < 4.78 is 10.7. The van der Waals surface area contributed by atoms with Crippen LogP contribution in [0.4, 0.5) is 0 Å². The van der Waals surface area contributed by atoms with E-state index in [0.717, 1.165) is 17.9 Å². The molecule has 0 saturated carbocycles. The molecule has 3 nitrogen and oxygen atoms in total. The molecule has 0 aliphatic carbocycles. The first-order valence-corrected chi connectivity index (χ1v) is 6.15. The smallest absolute Gasteiger partial charge is 0.231 e. The number of thioether (sulfide) groups is 1. The zero-order valence-electron chi connectivity index (χ0n) is 8.95. The molecule has 0 bridgehead atoms. The van der Waals surface area contributed by atoms with Gasteiger partial charge in [-0.1, -0.05) is 0 Å². The van der Waals surface area contributed by atoms with Crippen molar-refractivity contribution < 1.29 is 9.47 Å². The van der Waals surface area contributed by atoms with Gasteiger partial charge < -0.3 is 15.2 Å². The number of fused-ring (bicyclic) bond motifs is 1. The number of ether oxygens (including phenoxy) is 2. The molecule has 0 fully saturated rings. The van der Waals surface area contributed by atoms with Crippen LogP contribution in [0, 0.1) is 0 Å². The van der Waals surface area contributed by atoms with Crippen LogP contribution in [0.2, 0.25) is 0 Å². The van der Waals surface area contributed by atoms with Gasteiger partial charge in [-0.2, -0.15) is 0 Å². The number of rotatable bonds is 3. The van der Waals surface area contributed by atoms with Gasteiger partial charge in [-0.3, -0.25) is 0 Å². The second-order valence-electron chi connectivity index (χ2n) is 3.70. The molecule has 0 spiro atoms. The summed E-state index contributed by atoms with van der Waals surface area (Å²) in [5.41, 5.74) is 7.05. The number of nitrogens with two attached hydrogens (primary N) is 1. The van der Waals surface area contributed by atoms with Crippen molar-refractivity contribution in [2.75, 3.05) is 13.0 Å². The van der Waals surface area contributed by atoms with Crippen molar-refractivity contribution in [2.45, 2.75) is 24.3 Å². The summed E-state index contributed by atoms with van der Waals surface area (Å²) >= 11 is 1.71. The molecule has 1 unspecified atom stereocenters. The minimum Gasteiger partial charge on any atom is -0.454 e. The molecular weight excluding hydrogens is 210 g/mol. The van der Waals surface area contributed by atoms with Gasteiger partial charge in [-0.15, -0.1) is 11.8 Å². The molecule has 0 radical (unpaired) electrons. The third-order valence-corrected chi connectivity index (χ3v) is 3.14. The van der Waals surface area contributed by atoms with Crippen molar-refractivity contribution in [3.05, 3.63) is 17.7 Å². The maximum absolute atomic E-state index is 5.81. The lowest BCUT2D eigenvalue weighted by Crippen LogP contribution is -2.18. The molecule has 1 atom stereocenters. The van der Waals surface area contributed by atoms with Crippen LogP contribution in [0.1, 0.15) is 12.5 Å². The van der Waals surface area contributed by atoms with E-state index in [9.17, 15) is 0 Å². The molecule has 2 rings (SSSR count). The molecule has 0 aromatic heterocycles. The normalized spacial score (nSPS) is 15.4. The highest BCUT2D eigenvalue weighted by Crippen LogP contribution is 2.38. The predicted octanol–water partition coefficient (Wildman–Crippen LogP) is 2.03.